The van der Waals surface area contributed by atoms with Crippen LogP contribution in [0.5, 0.6) is 11.5 Å². The molecule has 0 radical (unpaired) electrons. The molecule has 0 spiro atoms. The van der Waals surface area contributed by atoms with E-state index in [1.807, 2.05) is 85.5 Å². The molecule has 2 heterocycles. The lowest BCUT2D eigenvalue weighted by atomic mass is 10.1. The van der Waals surface area contributed by atoms with Gasteiger partial charge in [-0.15, -0.1) is 0 Å². The summed E-state index contributed by atoms with van der Waals surface area (Å²) in [7, 11) is 1.66. The fraction of sp³-hybridized carbons (Fsp3) is 0.258. The lowest BCUT2D eigenvalue weighted by Crippen LogP contribution is -2.49. The maximum absolute atomic E-state index is 13.8. The van der Waals surface area contributed by atoms with Gasteiger partial charge in [0.1, 0.15) is 11.5 Å². The van der Waals surface area contributed by atoms with Crippen LogP contribution in [-0.2, 0) is 0 Å². The van der Waals surface area contributed by atoms with Crippen molar-refractivity contribution in [2.75, 3.05) is 44.8 Å². The molecule has 1 fully saturated rings. The van der Waals surface area contributed by atoms with Gasteiger partial charge in [-0.25, -0.2) is 0 Å². The van der Waals surface area contributed by atoms with Gasteiger partial charge in [-0.2, -0.15) is 0 Å². The number of carbonyl (C=O) groups excluding carboxylic acids is 1. The Balaban J connectivity index is 1.42. The number of methoxy groups -OCH3 is 1. The molecule has 1 amide bonds. The molecule has 1 aromatic heterocycles. The maximum Gasteiger partial charge on any atom is 0.255 e. The van der Waals surface area contributed by atoms with Crippen molar-refractivity contribution in [2.45, 2.75) is 13.8 Å². The number of hydrogen-bond acceptors (Lipinski definition) is 4. The molecule has 5 rings (SSSR count). The Hall–Kier alpha value is -4.19. The summed E-state index contributed by atoms with van der Waals surface area (Å²) in [5.41, 5.74) is 5.80. The number of benzene rings is 3. The van der Waals surface area contributed by atoms with Crippen molar-refractivity contribution >= 4 is 11.6 Å². The third-order valence-electron chi connectivity index (χ3n) is 6.95. The predicted molar refractivity (Wildman–Crippen MR) is 148 cm³/mol. The van der Waals surface area contributed by atoms with E-state index in [2.05, 4.69) is 27.7 Å². The van der Waals surface area contributed by atoms with E-state index < -0.39 is 0 Å². The highest BCUT2D eigenvalue weighted by atomic mass is 16.5. The molecule has 1 aliphatic rings. The zero-order valence-corrected chi connectivity index (χ0v) is 21.7. The number of amides is 1. The van der Waals surface area contributed by atoms with Crippen molar-refractivity contribution in [3.8, 4) is 28.4 Å². The average Bonchev–Trinajstić information content (AvgIpc) is 3.30. The van der Waals surface area contributed by atoms with Gasteiger partial charge in [0, 0.05) is 37.6 Å². The summed E-state index contributed by atoms with van der Waals surface area (Å²) in [6.45, 7) is 7.50. The number of aromatic nitrogens is 1. The molecule has 0 atom stereocenters. The van der Waals surface area contributed by atoms with Crippen molar-refractivity contribution < 1.29 is 14.3 Å². The van der Waals surface area contributed by atoms with Crippen LogP contribution in [0.15, 0.2) is 84.9 Å². The zero-order valence-electron chi connectivity index (χ0n) is 21.7. The topological polar surface area (TPSA) is 46.9 Å². The SMILES string of the molecule is CCOc1ccccc1N1CCN(C(=O)c2cc(-c3ccc(OC)cc3)n(-c3ccccc3)c2C)CC1. The predicted octanol–water partition coefficient (Wildman–Crippen LogP) is 5.82. The molecule has 1 aliphatic heterocycles. The van der Waals surface area contributed by atoms with Crippen molar-refractivity contribution in [3.63, 3.8) is 0 Å². The third-order valence-corrected chi connectivity index (χ3v) is 6.95. The summed E-state index contributed by atoms with van der Waals surface area (Å²) in [4.78, 5) is 18.1. The minimum Gasteiger partial charge on any atom is -0.497 e. The molecular weight excluding hydrogens is 462 g/mol. The maximum atomic E-state index is 13.8. The lowest BCUT2D eigenvalue weighted by Gasteiger charge is -2.36. The first-order chi connectivity index (χ1) is 18.1. The number of anilines is 1. The quantitative estimate of drug-likeness (QED) is 0.324. The van der Waals surface area contributed by atoms with Crippen LogP contribution in [-0.4, -0.2) is 55.3 Å². The molecule has 0 saturated carbocycles. The molecule has 0 N–H and O–H groups in total. The van der Waals surface area contributed by atoms with E-state index in [1.54, 1.807) is 7.11 Å². The second kappa shape index (κ2) is 10.8. The fourth-order valence-electron chi connectivity index (χ4n) is 5.02. The zero-order chi connectivity index (χ0) is 25.8. The van der Waals surface area contributed by atoms with Crippen LogP contribution >= 0.6 is 0 Å². The van der Waals surface area contributed by atoms with Gasteiger partial charge in [0.25, 0.3) is 5.91 Å². The molecule has 6 nitrogen and oxygen atoms in total. The largest absolute Gasteiger partial charge is 0.497 e. The van der Waals surface area contributed by atoms with Crippen LogP contribution in [0.2, 0.25) is 0 Å². The highest BCUT2D eigenvalue weighted by molar-refractivity contribution is 5.97. The Kier molecular flexibility index (Phi) is 7.17. The smallest absolute Gasteiger partial charge is 0.255 e. The standard InChI is InChI=1S/C31H33N3O3/c1-4-37-30-13-9-8-12-28(30)32-18-20-33(21-19-32)31(35)27-22-29(24-14-16-26(36-3)17-15-24)34(23(27)2)25-10-6-5-7-11-25/h5-17,22H,4,18-21H2,1-3H3. The molecule has 190 valence electrons. The van der Waals surface area contributed by atoms with Gasteiger partial charge in [-0.3, -0.25) is 4.79 Å². The number of piperazine rings is 1. The van der Waals surface area contributed by atoms with Gasteiger partial charge >= 0.3 is 0 Å². The van der Waals surface area contributed by atoms with E-state index in [4.69, 9.17) is 9.47 Å². The van der Waals surface area contributed by atoms with E-state index in [9.17, 15) is 4.79 Å². The molecule has 0 bridgehead atoms. The number of hydrogen-bond donors (Lipinski definition) is 0. The van der Waals surface area contributed by atoms with E-state index >= 15 is 0 Å². The van der Waals surface area contributed by atoms with E-state index in [-0.39, 0.29) is 5.91 Å². The number of carbonyl (C=O) groups is 1. The first-order valence-electron chi connectivity index (χ1n) is 12.8. The molecule has 0 unspecified atom stereocenters. The Bertz CT molecular complexity index is 1350. The summed E-state index contributed by atoms with van der Waals surface area (Å²) >= 11 is 0. The van der Waals surface area contributed by atoms with Crippen LogP contribution in [0.3, 0.4) is 0 Å². The second-order valence-corrected chi connectivity index (χ2v) is 9.11. The van der Waals surface area contributed by atoms with Gasteiger partial charge < -0.3 is 23.8 Å². The Morgan fingerprint density at radius 1 is 0.865 bits per heavy atom. The summed E-state index contributed by atoms with van der Waals surface area (Å²) in [5, 5.41) is 0. The van der Waals surface area contributed by atoms with Gasteiger partial charge in [0.05, 0.1) is 30.7 Å². The number of ether oxygens (including phenoxy) is 2. The first-order valence-corrected chi connectivity index (χ1v) is 12.8. The van der Waals surface area contributed by atoms with Crippen molar-refractivity contribution in [3.05, 3.63) is 96.2 Å². The van der Waals surface area contributed by atoms with E-state index in [1.165, 1.54) is 0 Å². The number of para-hydroxylation sites is 3. The van der Waals surface area contributed by atoms with Crippen LogP contribution in [0.4, 0.5) is 5.69 Å². The molecular formula is C31H33N3O3. The second-order valence-electron chi connectivity index (χ2n) is 9.11. The van der Waals surface area contributed by atoms with Crippen LogP contribution in [0.1, 0.15) is 23.0 Å². The minimum atomic E-state index is 0.0692. The van der Waals surface area contributed by atoms with Crippen molar-refractivity contribution in [1.82, 2.24) is 9.47 Å². The van der Waals surface area contributed by atoms with Crippen LogP contribution < -0.4 is 14.4 Å². The summed E-state index contributed by atoms with van der Waals surface area (Å²) in [6.07, 6.45) is 0. The minimum absolute atomic E-state index is 0.0692. The Labute approximate surface area is 218 Å². The van der Waals surface area contributed by atoms with Gasteiger partial charge in [0.2, 0.25) is 0 Å². The van der Waals surface area contributed by atoms with Crippen LogP contribution in [0.25, 0.3) is 16.9 Å². The van der Waals surface area contributed by atoms with Crippen LogP contribution in [0, 0.1) is 6.92 Å². The van der Waals surface area contributed by atoms with E-state index in [0.717, 1.165) is 58.5 Å². The number of rotatable bonds is 7. The highest BCUT2D eigenvalue weighted by Crippen LogP contribution is 2.32. The van der Waals surface area contributed by atoms with E-state index in [0.29, 0.717) is 19.7 Å². The summed E-state index contributed by atoms with van der Waals surface area (Å²) in [5.74, 6) is 1.77. The fourth-order valence-corrected chi connectivity index (χ4v) is 5.02. The summed E-state index contributed by atoms with van der Waals surface area (Å²) < 4.78 is 13.4. The van der Waals surface area contributed by atoms with Crippen molar-refractivity contribution in [2.24, 2.45) is 0 Å². The first kappa shape index (κ1) is 24.5. The summed E-state index contributed by atoms with van der Waals surface area (Å²) in [6, 6.07) is 28.3. The lowest BCUT2D eigenvalue weighted by molar-refractivity contribution is 0.0746. The normalized spacial score (nSPS) is 13.5. The molecule has 3 aromatic carbocycles. The number of nitrogens with zero attached hydrogens (tertiary/aromatic N) is 3. The monoisotopic (exact) mass is 495 g/mol. The third kappa shape index (κ3) is 4.92. The molecule has 1 saturated heterocycles. The van der Waals surface area contributed by atoms with Gasteiger partial charge in [0.15, 0.2) is 0 Å². The Morgan fingerprint density at radius 3 is 2.22 bits per heavy atom. The van der Waals surface area contributed by atoms with Crippen molar-refractivity contribution in [1.29, 1.82) is 0 Å². The molecule has 6 heteroatoms. The highest BCUT2D eigenvalue weighted by Gasteiger charge is 2.27. The van der Waals surface area contributed by atoms with Gasteiger partial charge in [-0.1, -0.05) is 30.3 Å². The molecule has 37 heavy (non-hydrogen) atoms. The Morgan fingerprint density at radius 2 is 1.54 bits per heavy atom. The molecule has 4 aromatic rings. The molecule has 0 aliphatic carbocycles. The van der Waals surface area contributed by atoms with Gasteiger partial charge in [-0.05, 0) is 74.0 Å². The average molecular weight is 496 g/mol.